The number of hydrogen-bond acceptors (Lipinski definition) is 5. The van der Waals surface area contributed by atoms with E-state index < -0.39 is 11.0 Å². The van der Waals surface area contributed by atoms with Crippen LogP contribution in [0, 0.1) is 5.41 Å². The average Bonchev–Trinajstić information content (AvgIpc) is 2.60. The van der Waals surface area contributed by atoms with E-state index in [4.69, 9.17) is 15.2 Å². The highest BCUT2D eigenvalue weighted by Crippen LogP contribution is 2.36. The van der Waals surface area contributed by atoms with Crippen LogP contribution in [0.2, 0.25) is 0 Å². The van der Waals surface area contributed by atoms with Gasteiger partial charge in [0.1, 0.15) is 17.9 Å². The molecular formula is C19H28ClN3O4. The minimum absolute atomic E-state index is 0. The molecule has 27 heavy (non-hydrogen) atoms. The molecule has 1 aromatic carbocycles. The van der Waals surface area contributed by atoms with Gasteiger partial charge < -0.3 is 25.4 Å². The number of hydrogen-bond donors (Lipinski definition) is 2. The van der Waals surface area contributed by atoms with Gasteiger partial charge in [-0.1, -0.05) is 20.8 Å². The summed E-state index contributed by atoms with van der Waals surface area (Å²) in [6.07, 6.45) is 0.975. The van der Waals surface area contributed by atoms with Crippen molar-refractivity contribution in [2.24, 2.45) is 11.1 Å². The molecule has 2 aliphatic rings. The lowest BCUT2D eigenvalue weighted by atomic mass is 9.90. The Bertz CT molecular complexity index is 711. The predicted molar refractivity (Wildman–Crippen MR) is 107 cm³/mol. The third kappa shape index (κ3) is 4.54. The number of fused-ring (bicyclic) bond motifs is 1. The van der Waals surface area contributed by atoms with E-state index in [0.29, 0.717) is 56.3 Å². The van der Waals surface area contributed by atoms with E-state index in [-0.39, 0.29) is 24.2 Å². The van der Waals surface area contributed by atoms with E-state index >= 15 is 0 Å². The molecule has 0 bridgehead atoms. The molecule has 0 aliphatic carbocycles. The van der Waals surface area contributed by atoms with Crippen LogP contribution in [0.3, 0.4) is 0 Å². The van der Waals surface area contributed by atoms with Crippen LogP contribution in [0.1, 0.15) is 33.6 Å². The van der Waals surface area contributed by atoms with E-state index in [0.717, 1.165) is 0 Å². The van der Waals surface area contributed by atoms with E-state index in [2.05, 4.69) is 5.32 Å². The van der Waals surface area contributed by atoms with Gasteiger partial charge >= 0.3 is 0 Å². The summed E-state index contributed by atoms with van der Waals surface area (Å²) in [6, 6.07) is 5.32. The summed E-state index contributed by atoms with van der Waals surface area (Å²) in [5.74, 6) is 0.428. The molecule has 0 unspecified atom stereocenters. The zero-order valence-electron chi connectivity index (χ0n) is 16.0. The first kappa shape index (κ1) is 21.5. The molecule has 2 amide bonds. The molecule has 2 aliphatic heterocycles. The number of nitrogens with zero attached hydrogens (tertiary/aromatic N) is 1. The Morgan fingerprint density at radius 3 is 2.48 bits per heavy atom. The molecule has 0 radical (unpaired) electrons. The van der Waals surface area contributed by atoms with Gasteiger partial charge in [-0.05, 0) is 31.0 Å². The van der Waals surface area contributed by atoms with Gasteiger partial charge in [-0.3, -0.25) is 9.59 Å². The molecule has 0 spiro atoms. The summed E-state index contributed by atoms with van der Waals surface area (Å²) >= 11 is 0. The summed E-state index contributed by atoms with van der Waals surface area (Å²) in [6.45, 7) is 7.56. The van der Waals surface area contributed by atoms with Crippen LogP contribution in [0.4, 0.5) is 11.4 Å². The fraction of sp³-hybridized carbons (Fsp3) is 0.579. The van der Waals surface area contributed by atoms with Crippen molar-refractivity contribution >= 4 is 35.6 Å². The fourth-order valence-electron chi connectivity index (χ4n) is 3.13. The van der Waals surface area contributed by atoms with Gasteiger partial charge in [0.2, 0.25) is 11.8 Å². The normalized spacial score (nSPS) is 18.6. The largest absolute Gasteiger partial charge is 0.490 e. The van der Waals surface area contributed by atoms with E-state index in [1.165, 1.54) is 0 Å². The molecule has 0 atom stereocenters. The zero-order valence-corrected chi connectivity index (χ0v) is 16.9. The number of halogens is 1. The summed E-state index contributed by atoms with van der Waals surface area (Å²) in [5, 5.41) is 2.89. The summed E-state index contributed by atoms with van der Waals surface area (Å²) in [5.41, 5.74) is 6.08. The van der Waals surface area contributed by atoms with Crippen LogP contribution in [-0.2, 0) is 14.3 Å². The van der Waals surface area contributed by atoms with Crippen LogP contribution in [0.5, 0.6) is 5.75 Å². The highest BCUT2D eigenvalue weighted by atomic mass is 35.5. The molecule has 1 saturated heterocycles. The SMILES string of the molecule is CC(C)(C)C(=O)N1CCOc2ccc(NC(=O)C3(N)CCOCC3)cc21.Cl. The first-order valence-corrected chi connectivity index (χ1v) is 8.98. The third-order valence-corrected chi connectivity index (χ3v) is 4.80. The van der Waals surface area contributed by atoms with Gasteiger partial charge in [0.05, 0.1) is 12.2 Å². The Hall–Kier alpha value is -1.83. The number of benzene rings is 1. The first-order chi connectivity index (χ1) is 12.2. The molecule has 8 heteroatoms. The van der Waals surface area contributed by atoms with Gasteiger partial charge in [0.25, 0.3) is 0 Å². The van der Waals surface area contributed by atoms with Crippen molar-refractivity contribution in [3.05, 3.63) is 18.2 Å². The van der Waals surface area contributed by atoms with E-state index in [1.807, 2.05) is 20.8 Å². The summed E-state index contributed by atoms with van der Waals surface area (Å²) in [4.78, 5) is 27.1. The maximum Gasteiger partial charge on any atom is 0.244 e. The van der Waals surface area contributed by atoms with Crippen LogP contribution in [-0.4, -0.2) is 43.7 Å². The lowest BCUT2D eigenvalue weighted by Gasteiger charge is -2.34. The molecule has 0 aromatic heterocycles. The molecule has 1 fully saturated rings. The number of anilines is 2. The Morgan fingerprint density at radius 2 is 1.85 bits per heavy atom. The van der Waals surface area contributed by atoms with Crippen LogP contribution in [0.15, 0.2) is 18.2 Å². The van der Waals surface area contributed by atoms with Crippen molar-refractivity contribution in [2.45, 2.75) is 39.2 Å². The lowest BCUT2D eigenvalue weighted by molar-refractivity contribution is -0.126. The Labute approximate surface area is 166 Å². The van der Waals surface area contributed by atoms with Crippen molar-refractivity contribution in [3.8, 4) is 5.75 Å². The fourth-order valence-corrected chi connectivity index (χ4v) is 3.13. The van der Waals surface area contributed by atoms with Crippen molar-refractivity contribution < 1.29 is 19.1 Å². The Morgan fingerprint density at radius 1 is 1.19 bits per heavy atom. The minimum Gasteiger partial charge on any atom is -0.490 e. The van der Waals surface area contributed by atoms with Crippen molar-refractivity contribution in [1.29, 1.82) is 0 Å². The highest BCUT2D eigenvalue weighted by molar-refractivity contribution is 6.01. The molecule has 150 valence electrons. The topological polar surface area (TPSA) is 93.9 Å². The number of nitrogens with one attached hydrogen (secondary N) is 1. The monoisotopic (exact) mass is 397 g/mol. The second kappa shape index (κ2) is 8.04. The smallest absolute Gasteiger partial charge is 0.244 e. The van der Waals surface area contributed by atoms with Gasteiger partial charge in [-0.25, -0.2) is 0 Å². The summed E-state index contributed by atoms with van der Waals surface area (Å²) < 4.78 is 11.0. The van der Waals surface area contributed by atoms with Gasteiger partial charge in [0, 0.05) is 24.3 Å². The van der Waals surface area contributed by atoms with Gasteiger partial charge in [0.15, 0.2) is 0 Å². The lowest BCUT2D eigenvalue weighted by Crippen LogP contribution is -2.54. The standard InChI is InChI=1S/C19H27N3O4.ClH/c1-18(2,3)17(24)22-8-11-26-15-5-4-13(12-14(15)22)21-16(23)19(20)6-9-25-10-7-19;/h4-5,12H,6-11,20H2,1-3H3,(H,21,23);1H. The first-order valence-electron chi connectivity index (χ1n) is 8.98. The number of nitrogens with two attached hydrogens (primary N) is 1. The maximum atomic E-state index is 12.8. The molecule has 7 nitrogen and oxygen atoms in total. The summed E-state index contributed by atoms with van der Waals surface area (Å²) in [7, 11) is 0. The second-order valence-electron chi connectivity index (χ2n) is 7.96. The second-order valence-corrected chi connectivity index (χ2v) is 7.96. The van der Waals surface area contributed by atoms with Crippen molar-refractivity contribution in [3.63, 3.8) is 0 Å². The third-order valence-electron chi connectivity index (χ3n) is 4.80. The Kier molecular flexibility index (Phi) is 6.39. The number of rotatable bonds is 2. The maximum absolute atomic E-state index is 12.8. The zero-order chi connectivity index (χ0) is 18.9. The molecular weight excluding hydrogens is 370 g/mol. The highest BCUT2D eigenvalue weighted by Gasteiger charge is 2.36. The van der Waals surface area contributed by atoms with Crippen LogP contribution in [0.25, 0.3) is 0 Å². The number of amides is 2. The van der Waals surface area contributed by atoms with Gasteiger partial charge in [-0.2, -0.15) is 0 Å². The Balaban J connectivity index is 0.00000261. The predicted octanol–water partition coefficient (Wildman–Crippen LogP) is 2.33. The molecule has 1 aromatic rings. The van der Waals surface area contributed by atoms with Crippen molar-refractivity contribution in [1.82, 2.24) is 0 Å². The quantitative estimate of drug-likeness (QED) is 0.798. The minimum atomic E-state index is -0.925. The van der Waals surface area contributed by atoms with Crippen molar-refractivity contribution in [2.75, 3.05) is 36.6 Å². The van der Waals surface area contributed by atoms with E-state index in [9.17, 15) is 9.59 Å². The molecule has 0 saturated carbocycles. The van der Waals surface area contributed by atoms with Crippen LogP contribution >= 0.6 is 12.4 Å². The molecule has 3 rings (SSSR count). The van der Waals surface area contributed by atoms with Gasteiger partial charge in [-0.15, -0.1) is 12.4 Å². The van der Waals surface area contributed by atoms with E-state index in [1.54, 1.807) is 23.1 Å². The number of ether oxygens (including phenoxy) is 2. The van der Waals surface area contributed by atoms with Crippen LogP contribution < -0.4 is 20.7 Å². The number of carbonyl (C=O) groups excluding carboxylic acids is 2. The average molecular weight is 398 g/mol. The molecule has 3 N–H and O–H groups in total. The number of carbonyl (C=O) groups is 2. The molecule has 2 heterocycles.